The van der Waals surface area contributed by atoms with Crippen molar-refractivity contribution in [3.05, 3.63) is 23.3 Å². The lowest BCUT2D eigenvalue weighted by Crippen LogP contribution is -2.37. The van der Waals surface area contributed by atoms with E-state index in [1.807, 2.05) is 6.92 Å². The van der Waals surface area contributed by atoms with Crippen molar-refractivity contribution in [2.75, 3.05) is 20.3 Å². The summed E-state index contributed by atoms with van der Waals surface area (Å²) in [5.41, 5.74) is 1.13. The van der Waals surface area contributed by atoms with Crippen LogP contribution in [-0.4, -0.2) is 35.4 Å². The summed E-state index contributed by atoms with van der Waals surface area (Å²) in [6.07, 6.45) is 3.21. The van der Waals surface area contributed by atoms with Crippen molar-refractivity contribution < 1.29 is 14.6 Å². The van der Waals surface area contributed by atoms with Crippen LogP contribution in [0.2, 0.25) is 0 Å². The van der Waals surface area contributed by atoms with Crippen molar-refractivity contribution in [2.45, 2.75) is 32.0 Å². The van der Waals surface area contributed by atoms with Gasteiger partial charge in [0, 0.05) is 50.6 Å². The van der Waals surface area contributed by atoms with Gasteiger partial charge in [0.1, 0.15) is 5.60 Å². The molecule has 0 radical (unpaired) electrons. The van der Waals surface area contributed by atoms with Crippen molar-refractivity contribution >= 4 is 0 Å². The third kappa shape index (κ3) is 2.31. The highest BCUT2D eigenvalue weighted by Crippen LogP contribution is 2.33. The number of methoxy groups -OCH3 is 1. The molecule has 1 aromatic rings. The molecule has 0 unspecified atom stereocenters. The van der Waals surface area contributed by atoms with Gasteiger partial charge in [-0.3, -0.25) is 0 Å². The number of nitrogens with zero attached hydrogens (tertiary/aromatic N) is 2. The summed E-state index contributed by atoms with van der Waals surface area (Å²) >= 11 is 0. The summed E-state index contributed by atoms with van der Waals surface area (Å²) in [7, 11) is 1.68. The van der Waals surface area contributed by atoms with Crippen LogP contribution in [0.3, 0.4) is 0 Å². The SMILES string of the molecule is COC1(c2ncc(CO)c(C)n2)CCOCC1. The zero-order valence-electron chi connectivity index (χ0n) is 10.3. The number of aryl methyl sites for hydroxylation is 1. The van der Waals surface area contributed by atoms with Gasteiger partial charge in [-0.1, -0.05) is 0 Å². The first-order chi connectivity index (χ1) is 8.22. The molecule has 1 N–H and O–H groups in total. The first-order valence-electron chi connectivity index (χ1n) is 5.78. The highest BCUT2D eigenvalue weighted by molar-refractivity contribution is 5.17. The van der Waals surface area contributed by atoms with Crippen molar-refractivity contribution in [1.82, 2.24) is 9.97 Å². The molecule has 5 heteroatoms. The van der Waals surface area contributed by atoms with E-state index in [1.54, 1.807) is 13.3 Å². The van der Waals surface area contributed by atoms with Gasteiger partial charge in [-0.2, -0.15) is 0 Å². The Morgan fingerprint density at radius 1 is 1.47 bits per heavy atom. The monoisotopic (exact) mass is 238 g/mol. The second-order valence-corrected chi connectivity index (χ2v) is 4.27. The molecule has 0 bridgehead atoms. The molecule has 1 fully saturated rings. The summed E-state index contributed by atoms with van der Waals surface area (Å²) in [5, 5.41) is 9.11. The normalized spacial score (nSPS) is 19.2. The van der Waals surface area contributed by atoms with Crippen molar-refractivity contribution in [3.8, 4) is 0 Å². The van der Waals surface area contributed by atoms with Crippen LogP contribution in [0.5, 0.6) is 0 Å². The maximum Gasteiger partial charge on any atom is 0.160 e. The zero-order chi connectivity index (χ0) is 12.3. The average Bonchev–Trinajstić information content (AvgIpc) is 2.39. The average molecular weight is 238 g/mol. The van der Waals surface area contributed by atoms with Crippen molar-refractivity contribution in [1.29, 1.82) is 0 Å². The quantitative estimate of drug-likeness (QED) is 0.848. The lowest BCUT2D eigenvalue weighted by molar-refractivity contribution is -0.100. The van der Waals surface area contributed by atoms with Crippen LogP contribution in [0.15, 0.2) is 6.20 Å². The summed E-state index contributed by atoms with van der Waals surface area (Å²) < 4.78 is 11.0. The minimum absolute atomic E-state index is 0.0325. The zero-order valence-corrected chi connectivity index (χ0v) is 10.3. The van der Waals surface area contributed by atoms with Crippen molar-refractivity contribution in [3.63, 3.8) is 0 Å². The molecule has 1 aliphatic heterocycles. The maximum atomic E-state index is 9.11. The molecular weight excluding hydrogens is 220 g/mol. The highest BCUT2D eigenvalue weighted by atomic mass is 16.5. The van der Waals surface area contributed by atoms with Crippen LogP contribution in [0.25, 0.3) is 0 Å². The van der Waals surface area contributed by atoms with Crippen LogP contribution in [-0.2, 0) is 21.7 Å². The van der Waals surface area contributed by atoms with E-state index in [2.05, 4.69) is 9.97 Å². The summed E-state index contributed by atoms with van der Waals surface area (Å²) in [4.78, 5) is 8.78. The minimum atomic E-state index is -0.434. The molecule has 0 aromatic carbocycles. The lowest BCUT2D eigenvalue weighted by atomic mass is 9.93. The molecule has 1 aliphatic rings. The van der Waals surface area contributed by atoms with Gasteiger partial charge in [-0.15, -0.1) is 0 Å². The highest BCUT2D eigenvalue weighted by Gasteiger charge is 2.37. The molecule has 5 nitrogen and oxygen atoms in total. The van der Waals surface area contributed by atoms with E-state index in [0.717, 1.165) is 24.1 Å². The Balaban J connectivity index is 2.33. The Labute approximate surface area is 101 Å². The predicted molar refractivity (Wildman–Crippen MR) is 61.4 cm³/mol. The van der Waals surface area contributed by atoms with Crippen LogP contribution >= 0.6 is 0 Å². The Morgan fingerprint density at radius 3 is 2.71 bits per heavy atom. The summed E-state index contributed by atoms with van der Waals surface area (Å²) in [5.74, 6) is 0.693. The molecule has 17 heavy (non-hydrogen) atoms. The van der Waals surface area contributed by atoms with Gasteiger partial charge in [0.25, 0.3) is 0 Å². The number of aromatic nitrogens is 2. The Bertz CT molecular complexity index is 389. The molecule has 2 heterocycles. The maximum absolute atomic E-state index is 9.11. The van der Waals surface area contributed by atoms with E-state index >= 15 is 0 Å². The predicted octanol–water partition coefficient (Wildman–Crippen LogP) is 0.929. The number of hydrogen-bond donors (Lipinski definition) is 1. The first kappa shape index (κ1) is 12.4. The first-order valence-corrected chi connectivity index (χ1v) is 5.78. The Kier molecular flexibility index (Phi) is 3.71. The topological polar surface area (TPSA) is 64.5 Å². The van der Waals surface area contributed by atoms with Gasteiger partial charge >= 0.3 is 0 Å². The van der Waals surface area contributed by atoms with Gasteiger partial charge in [0.15, 0.2) is 5.82 Å². The van der Waals surface area contributed by atoms with Gasteiger partial charge in [0.2, 0.25) is 0 Å². The van der Waals surface area contributed by atoms with Gasteiger partial charge < -0.3 is 14.6 Å². The molecule has 0 atom stereocenters. The second kappa shape index (κ2) is 5.08. The fraction of sp³-hybridized carbons (Fsp3) is 0.667. The molecule has 94 valence electrons. The smallest absolute Gasteiger partial charge is 0.160 e. The number of rotatable bonds is 3. The molecule has 2 rings (SSSR count). The van der Waals surface area contributed by atoms with Crippen LogP contribution < -0.4 is 0 Å². The number of ether oxygens (including phenoxy) is 2. The third-order valence-corrected chi connectivity index (χ3v) is 3.35. The Morgan fingerprint density at radius 2 is 2.18 bits per heavy atom. The second-order valence-electron chi connectivity index (χ2n) is 4.27. The molecule has 0 spiro atoms. The Hall–Kier alpha value is -1.04. The van der Waals surface area contributed by atoms with Gasteiger partial charge in [0.05, 0.1) is 6.61 Å². The lowest BCUT2D eigenvalue weighted by Gasteiger charge is -2.34. The van der Waals surface area contributed by atoms with Gasteiger partial charge in [-0.25, -0.2) is 9.97 Å². The summed E-state index contributed by atoms with van der Waals surface area (Å²) in [6.45, 7) is 3.17. The number of aliphatic hydroxyl groups excluding tert-OH is 1. The molecule has 0 saturated carbocycles. The number of aliphatic hydroxyl groups is 1. The van der Waals surface area contributed by atoms with E-state index in [1.165, 1.54) is 0 Å². The van der Waals surface area contributed by atoms with E-state index < -0.39 is 5.60 Å². The van der Waals surface area contributed by atoms with E-state index in [9.17, 15) is 0 Å². The van der Waals surface area contributed by atoms with Gasteiger partial charge in [-0.05, 0) is 6.92 Å². The fourth-order valence-corrected chi connectivity index (χ4v) is 2.09. The van der Waals surface area contributed by atoms with Crippen molar-refractivity contribution in [2.24, 2.45) is 0 Å². The minimum Gasteiger partial charge on any atom is -0.392 e. The summed E-state index contributed by atoms with van der Waals surface area (Å²) in [6, 6.07) is 0. The van der Waals surface area contributed by atoms with Crippen LogP contribution in [0.4, 0.5) is 0 Å². The largest absolute Gasteiger partial charge is 0.392 e. The molecule has 0 amide bonds. The van der Waals surface area contributed by atoms with E-state index in [-0.39, 0.29) is 6.61 Å². The van der Waals surface area contributed by atoms with E-state index in [0.29, 0.717) is 19.0 Å². The molecule has 1 aromatic heterocycles. The standard InChI is InChI=1S/C12H18N2O3/c1-9-10(8-15)7-13-11(14-9)12(16-2)3-5-17-6-4-12/h7,15H,3-6,8H2,1-2H3. The molecule has 1 saturated heterocycles. The molecule has 0 aliphatic carbocycles. The van der Waals surface area contributed by atoms with Crippen LogP contribution in [0.1, 0.15) is 29.9 Å². The third-order valence-electron chi connectivity index (χ3n) is 3.35. The van der Waals surface area contributed by atoms with E-state index in [4.69, 9.17) is 14.6 Å². The number of hydrogen-bond acceptors (Lipinski definition) is 5. The molecular formula is C12H18N2O3. The fourth-order valence-electron chi connectivity index (χ4n) is 2.09. The van der Waals surface area contributed by atoms with Crippen LogP contribution in [0, 0.1) is 6.92 Å².